The Morgan fingerprint density at radius 1 is 1.39 bits per heavy atom. The smallest absolute Gasteiger partial charge is 0.380 e. The third-order valence-corrected chi connectivity index (χ3v) is 7.72. The SMILES string of the molecule is CC(C)OC(=O)[C@H](C)CP(=O)(OC[C@@]1(N=[N+]=[N-])O[C@@H](n2ccc(N)nc2=S)C(F)[C@H]1O)Oc1ccccc1. The first kappa shape index (κ1) is 29.5. The second kappa shape index (κ2) is 12.2. The number of hydrogen-bond donors (Lipinski definition) is 2. The van der Waals surface area contributed by atoms with E-state index in [1.165, 1.54) is 31.3 Å². The fourth-order valence-corrected chi connectivity index (χ4v) is 5.74. The Hall–Kier alpha value is -3.06. The molecule has 0 spiro atoms. The Balaban J connectivity index is 1.90. The average molecular weight is 571 g/mol. The highest BCUT2D eigenvalue weighted by molar-refractivity contribution is 7.71. The lowest BCUT2D eigenvalue weighted by atomic mass is 10.1. The van der Waals surface area contributed by atoms with Crippen LogP contribution in [0, 0.1) is 10.7 Å². The highest BCUT2D eigenvalue weighted by Crippen LogP contribution is 2.52. The lowest BCUT2D eigenvalue weighted by Gasteiger charge is -2.29. The Kier molecular flexibility index (Phi) is 9.47. The molecule has 1 aliphatic heterocycles. The molecule has 1 aliphatic rings. The normalized spacial score (nSPS) is 25.3. The Labute approximate surface area is 222 Å². The van der Waals surface area contributed by atoms with Gasteiger partial charge in [-0.2, -0.15) is 0 Å². The van der Waals surface area contributed by atoms with E-state index < -0.39 is 62.6 Å². The van der Waals surface area contributed by atoms with Crippen LogP contribution in [0.15, 0.2) is 47.7 Å². The molecule has 13 nitrogen and oxygen atoms in total. The van der Waals surface area contributed by atoms with Gasteiger partial charge in [-0.1, -0.05) is 30.2 Å². The molecule has 38 heavy (non-hydrogen) atoms. The van der Waals surface area contributed by atoms with E-state index in [1.807, 2.05) is 0 Å². The number of benzene rings is 1. The van der Waals surface area contributed by atoms with E-state index in [1.54, 1.807) is 32.0 Å². The van der Waals surface area contributed by atoms with Crippen LogP contribution in [0.2, 0.25) is 0 Å². The minimum absolute atomic E-state index is 0.0777. The molecule has 16 heteroatoms. The van der Waals surface area contributed by atoms with Crippen LogP contribution in [-0.4, -0.2) is 57.5 Å². The summed E-state index contributed by atoms with van der Waals surface area (Å²) in [7, 11) is -4.22. The van der Waals surface area contributed by atoms with Gasteiger partial charge in [-0.25, -0.2) is 13.9 Å². The van der Waals surface area contributed by atoms with Crippen LogP contribution >= 0.6 is 19.8 Å². The molecule has 1 aromatic carbocycles. The number of esters is 1. The summed E-state index contributed by atoms with van der Waals surface area (Å²) >= 11 is 5.11. The summed E-state index contributed by atoms with van der Waals surface area (Å²) in [6.07, 6.45) is -5.34. The monoisotopic (exact) mass is 570 g/mol. The van der Waals surface area contributed by atoms with Crippen molar-refractivity contribution < 1.29 is 37.4 Å². The molecule has 2 aromatic rings. The molecule has 0 bridgehead atoms. The molecule has 0 amide bonds. The number of aliphatic hydroxyl groups is 1. The minimum Gasteiger partial charge on any atom is -0.463 e. The maximum absolute atomic E-state index is 15.3. The number of carbonyl (C=O) groups is 1. The second-order valence-electron chi connectivity index (χ2n) is 8.83. The number of aliphatic hydroxyl groups excluding tert-OH is 1. The zero-order valence-electron chi connectivity index (χ0n) is 20.8. The third kappa shape index (κ3) is 6.87. The largest absolute Gasteiger partial charge is 0.463 e. The Bertz CT molecular complexity index is 1290. The van der Waals surface area contributed by atoms with Gasteiger partial charge in [0.25, 0.3) is 0 Å². The highest BCUT2D eigenvalue weighted by Gasteiger charge is 2.57. The van der Waals surface area contributed by atoms with Crippen molar-refractivity contribution in [2.45, 2.75) is 51.1 Å². The molecule has 6 atom stereocenters. The van der Waals surface area contributed by atoms with Crippen molar-refractivity contribution >= 4 is 31.6 Å². The standard InChI is InChI=1S/C22H28FN6O7PS/c1-13(2)34-20(31)14(3)11-37(32,36-15-7-5-4-6-8-15)33-12-22(27-28-25)18(30)17(23)19(35-22)29-10-9-16(24)26-21(29)38/h4-10,13-14,17-19,30H,11-12H2,1-3H3,(H2,24,26,38)/t14-,17?,18-,19-,22-,37?/m1/s1. The number of ether oxygens (including phenoxy) is 2. The van der Waals surface area contributed by atoms with Crippen molar-refractivity contribution in [2.75, 3.05) is 18.5 Å². The van der Waals surface area contributed by atoms with Gasteiger partial charge in [0.15, 0.2) is 12.4 Å². The quantitative estimate of drug-likeness (QED) is 0.0985. The summed E-state index contributed by atoms with van der Waals surface area (Å²) in [5.74, 6) is -1.34. The van der Waals surface area contributed by atoms with Gasteiger partial charge in [0, 0.05) is 11.1 Å². The summed E-state index contributed by atoms with van der Waals surface area (Å²) in [5.41, 5.74) is 12.4. The van der Waals surface area contributed by atoms with E-state index in [9.17, 15) is 20.0 Å². The van der Waals surface area contributed by atoms with Crippen LogP contribution in [0.5, 0.6) is 5.75 Å². The number of para-hydroxylation sites is 1. The number of carbonyl (C=O) groups excluding carboxylic acids is 1. The number of nitrogens with two attached hydrogens (primary N) is 1. The van der Waals surface area contributed by atoms with Crippen LogP contribution in [0.4, 0.5) is 10.2 Å². The highest BCUT2D eigenvalue weighted by atomic mass is 32.1. The lowest BCUT2D eigenvalue weighted by molar-refractivity contribution is -0.151. The molecule has 0 radical (unpaired) electrons. The molecule has 1 saturated heterocycles. The third-order valence-electron chi connectivity index (χ3n) is 5.41. The van der Waals surface area contributed by atoms with Crippen molar-refractivity contribution in [1.29, 1.82) is 0 Å². The molecule has 206 valence electrons. The van der Waals surface area contributed by atoms with E-state index >= 15 is 4.39 Å². The second-order valence-corrected chi connectivity index (χ2v) is 11.2. The summed E-state index contributed by atoms with van der Waals surface area (Å²) < 4.78 is 52.1. The first-order chi connectivity index (χ1) is 17.9. The number of halogens is 1. The van der Waals surface area contributed by atoms with Crippen molar-refractivity contribution in [2.24, 2.45) is 11.0 Å². The predicted octanol–water partition coefficient (Wildman–Crippen LogP) is 4.31. The van der Waals surface area contributed by atoms with Crippen molar-refractivity contribution in [3.63, 3.8) is 0 Å². The lowest BCUT2D eigenvalue weighted by Crippen LogP contribution is -2.44. The summed E-state index contributed by atoms with van der Waals surface area (Å²) in [4.78, 5) is 18.9. The average Bonchev–Trinajstić information content (AvgIpc) is 3.09. The Morgan fingerprint density at radius 3 is 2.68 bits per heavy atom. The van der Waals surface area contributed by atoms with Crippen LogP contribution < -0.4 is 10.3 Å². The number of azide groups is 1. The first-order valence-electron chi connectivity index (χ1n) is 11.5. The zero-order chi connectivity index (χ0) is 28.1. The molecular formula is C22H28FN6O7PS. The zero-order valence-corrected chi connectivity index (χ0v) is 22.5. The maximum Gasteiger partial charge on any atom is 0.380 e. The van der Waals surface area contributed by atoms with Crippen LogP contribution in [0.3, 0.4) is 0 Å². The number of anilines is 1. The van der Waals surface area contributed by atoms with Gasteiger partial charge in [-0.05, 0) is 49.8 Å². The number of alkyl halides is 1. The van der Waals surface area contributed by atoms with E-state index in [2.05, 4.69) is 15.0 Å². The number of hydrogen-bond acceptors (Lipinski definition) is 11. The number of rotatable bonds is 11. The molecule has 3 N–H and O–H groups in total. The van der Waals surface area contributed by atoms with E-state index in [0.717, 1.165) is 4.57 Å². The molecule has 0 aliphatic carbocycles. The minimum atomic E-state index is -4.22. The van der Waals surface area contributed by atoms with Crippen molar-refractivity contribution in [3.8, 4) is 5.75 Å². The summed E-state index contributed by atoms with van der Waals surface area (Å²) in [6, 6.07) is 9.33. The van der Waals surface area contributed by atoms with Gasteiger partial charge in [0.05, 0.1) is 24.8 Å². The fraction of sp³-hybridized carbons (Fsp3) is 0.500. The molecule has 2 unspecified atom stereocenters. The number of nitrogen functional groups attached to an aromatic ring is 1. The van der Waals surface area contributed by atoms with Crippen molar-refractivity contribution in [3.05, 3.63) is 57.8 Å². The van der Waals surface area contributed by atoms with E-state index in [4.69, 9.17) is 36.5 Å². The van der Waals surface area contributed by atoms with Gasteiger partial charge >= 0.3 is 13.6 Å². The molecular weight excluding hydrogens is 542 g/mol. The molecule has 2 heterocycles. The summed E-state index contributed by atoms with van der Waals surface area (Å²) in [6.45, 7) is 3.91. The first-order valence-corrected chi connectivity index (χ1v) is 13.6. The maximum atomic E-state index is 15.3. The Morgan fingerprint density at radius 2 is 2.08 bits per heavy atom. The van der Waals surface area contributed by atoms with E-state index in [-0.39, 0.29) is 16.3 Å². The van der Waals surface area contributed by atoms with Crippen LogP contribution in [0.1, 0.15) is 27.0 Å². The molecule has 1 aromatic heterocycles. The fourth-order valence-electron chi connectivity index (χ4n) is 3.59. The molecule has 3 rings (SSSR count). The van der Waals surface area contributed by atoms with Gasteiger partial charge in [-0.15, -0.1) is 0 Å². The number of aromatic nitrogens is 2. The van der Waals surface area contributed by atoms with E-state index in [0.29, 0.717) is 0 Å². The predicted molar refractivity (Wildman–Crippen MR) is 136 cm³/mol. The number of nitrogens with zero attached hydrogens (tertiary/aromatic N) is 5. The van der Waals surface area contributed by atoms with Gasteiger partial charge in [0.2, 0.25) is 10.5 Å². The van der Waals surface area contributed by atoms with Gasteiger partial charge < -0.3 is 24.8 Å². The van der Waals surface area contributed by atoms with Gasteiger partial charge in [-0.3, -0.25) is 13.9 Å². The summed E-state index contributed by atoms with van der Waals surface area (Å²) in [5, 5.41) is 14.2. The molecule has 1 fully saturated rings. The molecule has 0 saturated carbocycles. The van der Waals surface area contributed by atoms with Gasteiger partial charge in [0.1, 0.15) is 17.7 Å². The van der Waals surface area contributed by atoms with Crippen LogP contribution in [0.25, 0.3) is 10.4 Å². The topological polar surface area (TPSA) is 184 Å². The van der Waals surface area contributed by atoms with Crippen molar-refractivity contribution in [1.82, 2.24) is 9.55 Å². The van der Waals surface area contributed by atoms with Crippen LogP contribution in [-0.2, 0) is 23.4 Å².